The number of halogens is 1. The standard InChI is InChI=1S/C12H17ClO3S/c1-12(2,9-16-3)11-6-4-10(5-7-11)8-17(13,14)15/h4-7H,8-9H2,1-3H3. The van der Waals surface area contributed by atoms with E-state index in [0.29, 0.717) is 12.2 Å². The maximum absolute atomic E-state index is 10.9. The molecule has 0 saturated heterocycles. The average Bonchev–Trinajstić information content (AvgIpc) is 2.15. The van der Waals surface area contributed by atoms with Crippen molar-refractivity contribution in [2.75, 3.05) is 13.7 Å². The van der Waals surface area contributed by atoms with Crippen LogP contribution in [0.3, 0.4) is 0 Å². The van der Waals surface area contributed by atoms with E-state index in [0.717, 1.165) is 5.56 Å². The van der Waals surface area contributed by atoms with Crippen molar-refractivity contribution in [2.45, 2.75) is 25.0 Å². The van der Waals surface area contributed by atoms with Crippen molar-refractivity contribution in [1.82, 2.24) is 0 Å². The lowest BCUT2D eigenvalue weighted by atomic mass is 9.85. The van der Waals surface area contributed by atoms with Crippen LogP contribution >= 0.6 is 10.7 Å². The number of ether oxygens (including phenoxy) is 1. The molecule has 0 aromatic heterocycles. The van der Waals surface area contributed by atoms with Crippen molar-refractivity contribution < 1.29 is 13.2 Å². The van der Waals surface area contributed by atoms with Gasteiger partial charge in [0.15, 0.2) is 0 Å². The molecule has 5 heteroatoms. The van der Waals surface area contributed by atoms with E-state index in [-0.39, 0.29) is 11.2 Å². The molecule has 0 saturated carbocycles. The quantitative estimate of drug-likeness (QED) is 0.777. The van der Waals surface area contributed by atoms with Gasteiger partial charge in [-0.05, 0) is 11.1 Å². The van der Waals surface area contributed by atoms with E-state index in [2.05, 4.69) is 13.8 Å². The van der Waals surface area contributed by atoms with E-state index in [1.54, 1.807) is 19.2 Å². The first kappa shape index (κ1) is 14.5. The lowest BCUT2D eigenvalue weighted by molar-refractivity contribution is 0.146. The fourth-order valence-electron chi connectivity index (χ4n) is 1.70. The van der Waals surface area contributed by atoms with E-state index in [9.17, 15) is 8.42 Å². The van der Waals surface area contributed by atoms with Gasteiger partial charge in [0.05, 0.1) is 12.4 Å². The molecule has 1 aromatic rings. The molecule has 96 valence electrons. The van der Waals surface area contributed by atoms with Gasteiger partial charge < -0.3 is 4.74 Å². The number of hydrogen-bond acceptors (Lipinski definition) is 3. The predicted octanol–water partition coefficient (Wildman–Crippen LogP) is 2.68. The maximum atomic E-state index is 10.9. The molecule has 0 amide bonds. The predicted molar refractivity (Wildman–Crippen MR) is 69.8 cm³/mol. The second kappa shape index (κ2) is 5.38. The van der Waals surface area contributed by atoms with Crippen LogP contribution in [-0.4, -0.2) is 22.1 Å². The fraction of sp³-hybridized carbons (Fsp3) is 0.500. The van der Waals surface area contributed by atoms with Crippen LogP contribution in [0.25, 0.3) is 0 Å². The van der Waals surface area contributed by atoms with Crippen molar-refractivity contribution in [3.05, 3.63) is 35.4 Å². The highest BCUT2D eigenvalue weighted by Crippen LogP contribution is 2.24. The Morgan fingerprint density at radius 1 is 1.24 bits per heavy atom. The summed E-state index contributed by atoms with van der Waals surface area (Å²) in [6, 6.07) is 7.40. The van der Waals surface area contributed by atoms with Crippen molar-refractivity contribution >= 4 is 19.7 Å². The smallest absolute Gasteiger partial charge is 0.236 e. The van der Waals surface area contributed by atoms with E-state index in [4.69, 9.17) is 15.4 Å². The molecular weight excluding hydrogens is 260 g/mol. The monoisotopic (exact) mass is 276 g/mol. The molecule has 0 radical (unpaired) electrons. The Hall–Kier alpha value is -0.580. The van der Waals surface area contributed by atoms with Crippen LogP contribution in [0, 0.1) is 0 Å². The average molecular weight is 277 g/mol. The molecule has 17 heavy (non-hydrogen) atoms. The Bertz CT molecular complexity index is 463. The number of methoxy groups -OCH3 is 1. The van der Waals surface area contributed by atoms with Crippen molar-refractivity contribution in [1.29, 1.82) is 0 Å². The second-order valence-electron chi connectivity index (χ2n) is 4.70. The first-order valence-corrected chi connectivity index (χ1v) is 7.73. The summed E-state index contributed by atoms with van der Waals surface area (Å²) in [4.78, 5) is 0. The summed E-state index contributed by atoms with van der Waals surface area (Å²) in [7, 11) is 3.37. The molecule has 0 unspecified atom stereocenters. The van der Waals surface area contributed by atoms with Gasteiger partial charge in [-0.2, -0.15) is 0 Å². The number of rotatable bonds is 5. The van der Waals surface area contributed by atoms with Crippen LogP contribution in [0.15, 0.2) is 24.3 Å². The van der Waals surface area contributed by atoms with E-state index >= 15 is 0 Å². The highest BCUT2D eigenvalue weighted by Gasteiger charge is 2.20. The highest BCUT2D eigenvalue weighted by atomic mass is 35.7. The maximum Gasteiger partial charge on any atom is 0.236 e. The number of hydrogen-bond donors (Lipinski definition) is 0. The van der Waals surface area contributed by atoms with Crippen molar-refractivity contribution in [3.8, 4) is 0 Å². The molecule has 1 aromatic carbocycles. The molecule has 0 bridgehead atoms. The zero-order chi connectivity index (χ0) is 13.1. The Kier molecular flexibility index (Phi) is 4.58. The molecule has 0 aliphatic carbocycles. The van der Waals surface area contributed by atoms with Gasteiger partial charge in [0.1, 0.15) is 0 Å². The topological polar surface area (TPSA) is 43.4 Å². The normalized spacial score (nSPS) is 12.7. The fourth-order valence-corrected chi connectivity index (χ4v) is 2.66. The molecule has 1 rings (SSSR count). The first-order valence-electron chi connectivity index (χ1n) is 5.25. The van der Waals surface area contributed by atoms with Gasteiger partial charge in [0.2, 0.25) is 9.05 Å². The molecule has 0 atom stereocenters. The Balaban J connectivity index is 2.88. The van der Waals surface area contributed by atoms with Crippen molar-refractivity contribution in [2.24, 2.45) is 0 Å². The largest absolute Gasteiger partial charge is 0.384 e. The van der Waals surface area contributed by atoms with E-state index in [1.807, 2.05) is 12.1 Å². The summed E-state index contributed by atoms with van der Waals surface area (Å²) in [5.74, 6) is -0.139. The van der Waals surface area contributed by atoms with Gasteiger partial charge in [-0.25, -0.2) is 8.42 Å². The molecular formula is C12H17ClO3S. The zero-order valence-corrected chi connectivity index (χ0v) is 11.8. The number of benzene rings is 1. The van der Waals surface area contributed by atoms with E-state index < -0.39 is 9.05 Å². The Morgan fingerprint density at radius 2 is 1.76 bits per heavy atom. The van der Waals surface area contributed by atoms with Gasteiger partial charge in [0, 0.05) is 23.2 Å². The third-order valence-electron chi connectivity index (χ3n) is 2.58. The summed E-state index contributed by atoms with van der Waals surface area (Å²) in [5.41, 5.74) is 1.71. The molecule has 0 N–H and O–H groups in total. The Morgan fingerprint density at radius 3 is 2.18 bits per heavy atom. The lowest BCUT2D eigenvalue weighted by Gasteiger charge is -2.24. The van der Waals surface area contributed by atoms with Gasteiger partial charge in [0.25, 0.3) is 0 Å². The van der Waals surface area contributed by atoms with Gasteiger partial charge in [-0.3, -0.25) is 0 Å². The van der Waals surface area contributed by atoms with Gasteiger partial charge >= 0.3 is 0 Å². The summed E-state index contributed by atoms with van der Waals surface area (Å²) < 4.78 is 27.0. The summed E-state index contributed by atoms with van der Waals surface area (Å²) in [6.45, 7) is 4.76. The van der Waals surface area contributed by atoms with E-state index in [1.165, 1.54) is 0 Å². The zero-order valence-electron chi connectivity index (χ0n) is 10.2. The minimum atomic E-state index is -3.49. The molecule has 0 heterocycles. The molecule has 0 spiro atoms. The van der Waals surface area contributed by atoms with Crippen LogP contribution in [0.4, 0.5) is 0 Å². The van der Waals surface area contributed by atoms with Crippen LogP contribution < -0.4 is 0 Å². The van der Waals surface area contributed by atoms with Crippen LogP contribution in [0.2, 0.25) is 0 Å². The molecule has 3 nitrogen and oxygen atoms in total. The molecule has 0 aliphatic rings. The van der Waals surface area contributed by atoms with Gasteiger partial charge in [-0.15, -0.1) is 0 Å². The third kappa shape index (κ3) is 4.66. The SMILES string of the molecule is COCC(C)(C)c1ccc(CS(=O)(=O)Cl)cc1. The Labute approximate surface area is 107 Å². The van der Waals surface area contributed by atoms with Crippen LogP contribution in [0.5, 0.6) is 0 Å². The summed E-state index contributed by atoms with van der Waals surface area (Å²) in [6.07, 6.45) is 0. The van der Waals surface area contributed by atoms with Crippen LogP contribution in [0.1, 0.15) is 25.0 Å². The summed E-state index contributed by atoms with van der Waals surface area (Å²) >= 11 is 0. The van der Waals surface area contributed by atoms with Gasteiger partial charge in [-0.1, -0.05) is 38.1 Å². The third-order valence-corrected chi connectivity index (χ3v) is 3.59. The lowest BCUT2D eigenvalue weighted by Crippen LogP contribution is -2.23. The minimum Gasteiger partial charge on any atom is -0.384 e. The van der Waals surface area contributed by atoms with Crippen molar-refractivity contribution in [3.63, 3.8) is 0 Å². The minimum absolute atomic E-state index is 0.0902. The summed E-state index contributed by atoms with van der Waals surface area (Å²) in [5, 5.41) is 0. The first-order chi connectivity index (χ1) is 7.74. The highest BCUT2D eigenvalue weighted by molar-refractivity contribution is 8.13. The molecule has 0 aliphatic heterocycles. The van der Waals surface area contributed by atoms with Crippen LogP contribution in [-0.2, 0) is 25.0 Å². The second-order valence-corrected chi connectivity index (χ2v) is 7.47. The molecule has 0 fully saturated rings.